The van der Waals surface area contributed by atoms with E-state index in [1.165, 1.54) is 29.3 Å². The average molecular weight is 526 g/mol. The molecule has 1 aliphatic rings. The maximum absolute atomic E-state index is 14.3. The number of carbonyl (C=O) groups is 2. The van der Waals surface area contributed by atoms with Crippen molar-refractivity contribution in [2.75, 3.05) is 19.1 Å². The molecule has 0 radical (unpaired) electrons. The van der Waals surface area contributed by atoms with Crippen LogP contribution in [0, 0.1) is 15.2 Å². The summed E-state index contributed by atoms with van der Waals surface area (Å²) in [5.74, 6) is -3.35. The first kappa shape index (κ1) is 19.6. The van der Waals surface area contributed by atoms with Crippen molar-refractivity contribution in [3.05, 3.63) is 61.4 Å². The van der Waals surface area contributed by atoms with Gasteiger partial charge in [0.05, 0.1) is 33.5 Å². The summed E-state index contributed by atoms with van der Waals surface area (Å²) >= 11 is 4.51. The van der Waals surface area contributed by atoms with Crippen LogP contribution in [-0.2, 0) is 19.1 Å². The molecule has 25 heavy (non-hydrogen) atoms. The van der Waals surface area contributed by atoms with Crippen LogP contribution >= 0.6 is 38.5 Å². The largest absolute Gasteiger partial charge is 0.465 e. The minimum atomic E-state index is -0.865. The molecule has 0 saturated heterocycles. The molecule has 1 aliphatic heterocycles. The highest BCUT2D eigenvalue weighted by Gasteiger charge is 2.30. The molecule has 0 amide bonds. The molecule has 0 unspecified atom stereocenters. The summed E-state index contributed by atoms with van der Waals surface area (Å²) in [5, 5.41) is 0. The van der Waals surface area contributed by atoms with Crippen molar-refractivity contribution >= 4 is 56.1 Å². The van der Waals surface area contributed by atoms with Crippen molar-refractivity contribution in [1.82, 2.24) is 0 Å². The molecule has 1 aromatic carbocycles. The maximum atomic E-state index is 14.3. The summed E-state index contributed by atoms with van der Waals surface area (Å²) in [7, 11) is 2.29. The van der Waals surface area contributed by atoms with Gasteiger partial charge in [-0.25, -0.2) is 18.4 Å². The van der Waals surface area contributed by atoms with Crippen LogP contribution in [0.3, 0.4) is 0 Å². The van der Waals surface area contributed by atoms with Crippen LogP contribution in [0.2, 0.25) is 0 Å². The molecule has 132 valence electrons. The Bertz CT molecular complexity index is 836. The molecule has 5 nitrogen and oxygen atoms in total. The van der Waals surface area contributed by atoms with Gasteiger partial charge in [-0.1, -0.05) is 6.08 Å². The van der Waals surface area contributed by atoms with Crippen molar-refractivity contribution in [3.8, 4) is 0 Å². The number of allylic oxidation sites excluding steroid dienone is 2. The average Bonchev–Trinajstić information content (AvgIpc) is 2.84. The predicted molar refractivity (Wildman–Crippen MR) is 98.6 cm³/mol. The Labute approximate surface area is 164 Å². The summed E-state index contributed by atoms with van der Waals surface area (Å²) in [5.41, 5.74) is -0.308. The quantitative estimate of drug-likeness (QED) is 0.260. The molecule has 0 spiro atoms. The lowest BCUT2D eigenvalue weighted by Gasteiger charge is -2.24. The molecule has 0 N–H and O–H groups in total. The Balaban J connectivity index is 2.78. The number of hydrogen-bond donors (Lipinski definition) is 0. The number of halogens is 4. The Morgan fingerprint density at radius 3 is 2.40 bits per heavy atom. The number of nitrogens with zero attached hydrogens (tertiary/aromatic N) is 1. The van der Waals surface area contributed by atoms with Crippen molar-refractivity contribution in [2.24, 2.45) is 0 Å². The SMILES string of the molecule is COC(=O)C1=C(C(=O)OC)N(c2cc(F)c(Br)c(F)c2I)C=CC=C1. The molecular weight excluding hydrogens is 515 g/mol. The van der Waals surface area contributed by atoms with Gasteiger partial charge in [-0.2, -0.15) is 0 Å². The van der Waals surface area contributed by atoms with Gasteiger partial charge in [0.15, 0.2) is 5.82 Å². The molecule has 1 heterocycles. The van der Waals surface area contributed by atoms with E-state index < -0.39 is 23.6 Å². The number of rotatable bonds is 3. The lowest BCUT2D eigenvalue weighted by molar-refractivity contribution is -0.139. The molecule has 0 atom stereocenters. The second kappa shape index (κ2) is 8.09. The van der Waals surface area contributed by atoms with E-state index in [1.807, 2.05) is 0 Å². The molecule has 1 aromatic rings. The molecule has 0 aromatic heterocycles. The molecular formula is C16H11BrF2INO4. The molecule has 0 fully saturated rings. The van der Waals surface area contributed by atoms with Crippen LogP contribution in [0.4, 0.5) is 14.5 Å². The smallest absolute Gasteiger partial charge is 0.355 e. The van der Waals surface area contributed by atoms with Gasteiger partial charge in [0.1, 0.15) is 11.5 Å². The van der Waals surface area contributed by atoms with Crippen molar-refractivity contribution < 1.29 is 27.8 Å². The summed E-state index contributed by atoms with van der Waals surface area (Å²) in [6.45, 7) is 0. The first-order valence-corrected chi connectivity index (χ1v) is 8.58. The molecule has 0 saturated carbocycles. The van der Waals surface area contributed by atoms with Crippen LogP contribution < -0.4 is 4.90 Å². The van der Waals surface area contributed by atoms with E-state index in [2.05, 4.69) is 20.7 Å². The third-order valence-electron chi connectivity index (χ3n) is 3.23. The number of carbonyl (C=O) groups excluding carboxylic acids is 2. The Morgan fingerprint density at radius 2 is 1.80 bits per heavy atom. The third kappa shape index (κ3) is 3.76. The minimum absolute atomic E-state index is 0.0283. The van der Waals surface area contributed by atoms with Crippen molar-refractivity contribution in [2.45, 2.75) is 0 Å². The third-order valence-corrected chi connectivity index (χ3v) is 4.99. The standard InChI is InChI=1S/C16H11BrF2INO4/c1-24-15(22)8-5-3-4-6-21(14(8)16(23)25-2)10-7-9(18)11(17)12(19)13(10)20/h3-7H,1-2H3. The number of esters is 2. The zero-order valence-electron chi connectivity index (χ0n) is 13.0. The number of hydrogen-bond acceptors (Lipinski definition) is 5. The van der Waals surface area contributed by atoms with Crippen LogP contribution in [0.1, 0.15) is 0 Å². The lowest BCUT2D eigenvalue weighted by Crippen LogP contribution is -2.27. The van der Waals surface area contributed by atoms with Crippen LogP contribution in [-0.4, -0.2) is 26.2 Å². The molecule has 0 bridgehead atoms. The normalized spacial score (nSPS) is 13.8. The highest BCUT2D eigenvalue weighted by atomic mass is 127. The predicted octanol–water partition coefficient (Wildman–Crippen LogP) is 3.82. The van der Waals surface area contributed by atoms with E-state index >= 15 is 0 Å². The summed E-state index contributed by atoms with van der Waals surface area (Å²) in [4.78, 5) is 25.5. The number of anilines is 1. The topological polar surface area (TPSA) is 55.8 Å². The molecule has 0 aliphatic carbocycles. The van der Waals surface area contributed by atoms with E-state index in [0.29, 0.717) is 0 Å². The number of ether oxygens (including phenoxy) is 2. The molecule has 2 rings (SSSR count). The van der Waals surface area contributed by atoms with Gasteiger partial charge in [-0.15, -0.1) is 0 Å². The second-order valence-electron chi connectivity index (χ2n) is 4.64. The monoisotopic (exact) mass is 525 g/mol. The zero-order valence-corrected chi connectivity index (χ0v) is 16.7. The first-order chi connectivity index (χ1) is 11.8. The summed E-state index contributed by atoms with van der Waals surface area (Å²) in [6.07, 6.45) is 5.75. The van der Waals surface area contributed by atoms with Crippen LogP contribution in [0.25, 0.3) is 0 Å². The maximum Gasteiger partial charge on any atom is 0.355 e. The van der Waals surface area contributed by atoms with Crippen LogP contribution in [0.5, 0.6) is 0 Å². The fourth-order valence-electron chi connectivity index (χ4n) is 2.09. The van der Waals surface area contributed by atoms with Crippen LogP contribution in [0.15, 0.2) is 46.2 Å². The van der Waals surface area contributed by atoms with Gasteiger partial charge in [-0.05, 0) is 50.7 Å². The van der Waals surface area contributed by atoms with E-state index in [0.717, 1.165) is 20.3 Å². The second-order valence-corrected chi connectivity index (χ2v) is 6.51. The van der Waals surface area contributed by atoms with Crippen molar-refractivity contribution in [3.63, 3.8) is 0 Å². The Kier molecular flexibility index (Phi) is 6.33. The van der Waals surface area contributed by atoms with Gasteiger partial charge in [-0.3, -0.25) is 0 Å². The Morgan fingerprint density at radius 1 is 1.16 bits per heavy atom. The fraction of sp³-hybridized carbons (Fsp3) is 0.125. The van der Waals surface area contributed by atoms with Gasteiger partial charge in [0.25, 0.3) is 0 Å². The van der Waals surface area contributed by atoms with Gasteiger partial charge in [0, 0.05) is 12.3 Å². The van der Waals surface area contributed by atoms with E-state index in [4.69, 9.17) is 4.74 Å². The number of benzene rings is 1. The van der Waals surface area contributed by atoms with Gasteiger partial charge >= 0.3 is 11.9 Å². The zero-order chi connectivity index (χ0) is 18.7. The van der Waals surface area contributed by atoms with Gasteiger partial charge in [0.2, 0.25) is 0 Å². The van der Waals surface area contributed by atoms with E-state index in [9.17, 15) is 18.4 Å². The lowest BCUT2D eigenvalue weighted by atomic mass is 10.1. The fourth-order valence-corrected chi connectivity index (χ4v) is 3.46. The highest BCUT2D eigenvalue weighted by molar-refractivity contribution is 14.1. The summed E-state index contributed by atoms with van der Waals surface area (Å²) < 4.78 is 37.4. The van der Waals surface area contributed by atoms with Crippen molar-refractivity contribution in [1.29, 1.82) is 0 Å². The number of methoxy groups -OCH3 is 2. The van der Waals surface area contributed by atoms with Gasteiger partial charge < -0.3 is 14.4 Å². The Hall–Kier alpha value is -1.75. The van der Waals surface area contributed by atoms with E-state index in [-0.39, 0.29) is 25.0 Å². The highest BCUT2D eigenvalue weighted by Crippen LogP contribution is 2.35. The summed E-state index contributed by atoms with van der Waals surface area (Å²) in [6, 6.07) is 1.04. The minimum Gasteiger partial charge on any atom is -0.465 e. The first-order valence-electron chi connectivity index (χ1n) is 6.71. The molecule has 9 heteroatoms. The van der Waals surface area contributed by atoms with E-state index in [1.54, 1.807) is 22.6 Å².